The molecule has 2 unspecified atom stereocenters. The maximum absolute atomic E-state index is 9.58. The quantitative estimate of drug-likeness (QED) is 0.787. The van der Waals surface area contributed by atoms with E-state index >= 15 is 0 Å². The molecule has 1 aliphatic carbocycles. The molecule has 0 radical (unpaired) electrons. The van der Waals surface area contributed by atoms with Crippen LogP contribution < -0.4 is 5.73 Å². The van der Waals surface area contributed by atoms with Gasteiger partial charge in [-0.1, -0.05) is 19.9 Å². The summed E-state index contributed by atoms with van der Waals surface area (Å²) in [5, 5.41) is 10.0. The number of hydrogen-bond acceptors (Lipinski definition) is 3. The molecule has 0 aliphatic heterocycles. The fraction of sp³-hybridized carbons (Fsp3) is 0.538. The SMILES string of the molecule is CSC1Cc2ccc(O)cc2C(C)(C)C1N. The van der Waals surface area contributed by atoms with Crippen molar-refractivity contribution in [1.82, 2.24) is 0 Å². The lowest BCUT2D eigenvalue weighted by atomic mass is 9.69. The van der Waals surface area contributed by atoms with Crippen molar-refractivity contribution in [2.45, 2.75) is 37.0 Å². The molecule has 0 saturated carbocycles. The number of phenols is 1. The predicted molar refractivity (Wildman–Crippen MR) is 70.1 cm³/mol. The van der Waals surface area contributed by atoms with Crippen LogP contribution in [0.3, 0.4) is 0 Å². The van der Waals surface area contributed by atoms with Gasteiger partial charge >= 0.3 is 0 Å². The molecule has 2 atom stereocenters. The first-order chi connectivity index (χ1) is 7.46. The normalized spacial score (nSPS) is 27.5. The molecule has 1 aliphatic rings. The lowest BCUT2D eigenvalue weighted by Gasteiger charge is -2.42. The number of nitrogens with two attached hydrogens (primary N) is 1. The van der Waals surface area contributed by atoms with Gasteiger partial charge in [0.2, 0.25) is 0 Å². The van der Waals surface area contributed by atoms with Crippen molar-refractivity contribution in [3.8, 4) is 5.75 Å². The average Bonchev–Trinajstić information content (AvgIpc) is 2.25. The number of aromatic hydroxyl groups is 1. The molecule has 1 aromatic carbocycles. The average molecular weight is 237 g/mol. The Labute approximate surface area is 101 Å². The van der Waals surface area contributed by atoms with Crippen LogP contribution in [0.1, 0.15) is 25.0 Å². The third-order valence-electron chi connectivity index (χ3n) is 3.75. The van der Waals surface area contributed by atoms with Crippen molar-refractivity contribution in [1.29, 1.82) is 0 Å². The highest BCUT2D eigenvalue weighted by Crippen LogP contribution is 2.40. The zero-order valence-electron chi connectivity index (χ0n) is 10.0. The van der Waals surface area contributed by atoms with E-state index in [0.29, 0.717) is 11.0 Å². The molecule has 0 saturated heterocycles. The summed E-state index contributed by atoms with van der Waals surface area (Å²) in [5.41, 5.74) is 8.78. The van der Waals surface area contributed by atoms with Gasteiger partial charge in [0.15, 0.2) is 0 Å². The van der Waals surface area contributed by atoms with E-state index in [1.165, 1.54) is 11.1 Å². The highest BCUT2D eigenvalue weighted by atomic mass is 32.2. The van der Waals surface area contributed by atoms with Crippen molar-refractivity contribution in [3.05, 3.63) is 29.3 Å². The Balaban J connectivity index is 2.52. The molecule has 88 valence electrons. The minimum absolute atomic E-state index is 0.0694. The van der Waals surface area contributed by atoms with Gasteiger partial charge in [-0.15, -0.1) is 0 Å². The van der Waals surface area contributed by atoms with Crippen LogP contribution in [0, 0.1) is 0 Å². The second-order valence-electron chi connectivity index (χ2n) is 5.07. The van der Waals surface area contributed by atoms with Gasteiger partial charge in [0.05, 0.1) is 0 Å². The molecule has 0 fully saturated rings. The molecule has 0 bridgehead atoms. The fourth-order valence-electron chi connectivity index (χ4n) is 2.56. The van der Waals surface area contributed by atoms with Gasteiger partial charge in [-0.25, -0.2) is 0 Å². The largest absolute Gasteiger partial charge is 0.508 e. The minimum Gasteiger partial charge on any atom is -0.508 e. The smallest absolute Gasteiger partial charge is 0.115 e. The first-order valence-electron chi connectivity index (χ1n) is 5.57. The zero-order valence-corrected chi connectivity index (χ0v) is 10.8. The fourth-order valence-corrected chi connectivity index (χ4v) is 3.54. The monoisotopic (exact) mass is 237 g/mol. The van der Waals surface area contributed by atoms with E-state index in [4.69, 9.17) is 5.73 Å². The number of thioether (sulfide) groups is 1. The van der Waals surface area contributed by atoms with E-state index in [9.17, 15) is 5.11 Å². The van der Waals surface area contributed by atoms with Crippen LogP contribution in [-0.4, -0.2) is 22.7 Å². The maximum Gasteiger partial charge on any atom is 0.115 e. The predicted octanol–water partition coefficient (Wildman–Crippen LogP) is 2.28. The minimum atomic E-state index is -0.0694. The Morgan fingerprint density at radius 3 is 2.75 bits per heavy atom. The van der Waals surface area contributed by atoms with E-state index in [2.05, 4.69) is 20.1 Å². The summed E-state index contributed by atoms with van der Waals surface area (Å²) in [5.74, 6) is 0.335. The molecule has 0 amide bonds. The van der Waals surface area contributed by atoms with Gasteiger partial charge in [-0.05, 0) is 35.9 Å². The lowest BCUT2D eigenvalue weighted by Crippen LogP contribution is -2.52. The third-order valence-corrected chi connectivity index (χ3v) is 4.81. The standard InChI is InChI=1S/C13H19NOS/c1-13(2)10-7-9(15)5-4-8(10)6-11(16-3)12(13)14/h4-5,7,11-12,15H,6,14H2,1-3H3. The van der Waals surface area contributed by atoms with Crippen molar-refractivity contribution < 1.29 is 5.11 Å². The second-order valence-corrected chi connectivity index (χ2v) is 6.14. The first-order valence-corrected chi connectivity index (χ1v) is 6.86. The Hall–Kier alpha value is -0.670. The molecule has 0 aromatic heterocycles. The summed E-state index contributed by atoms with van der Waals surface area (Å²) >= 11 is 1.84. The number of fused-ring (bicyclic) bond motifs is 1. The summed E-state index contributed by atoms with van der Waals surface area (Å²) in [6, 6.07) is 5.80. The Bertz CT molecular complexity index is 403. The highest BCUT2D eigenvalue weighted by molar-refractivity contribution is 7.99. The van der Waals surface area contributed by atoms with E-state index in [1.807, 2.05) is 23.9 Å². The number of hydrogen-bond donors (Lipinski definition) is 2. The van der Waals surface area contributed by atoms with Crippen LogP contribution in [-0.2, 0) is 11.8 Å². The highest BCUT2D eigenvalue weighted by Gasteiger charge is 2.39. The number of phenolic OH excluding ortho intramolecular Hbond substituents is 1. The molecular formula is C13H19NOS. The molecule has 3 N–H and O–H groups in total. The topological polar surface area (TPSA) is 46.2 Å². The Morgan fingerprint density at radius 1 is 1.44 bits per heavy atom. The van der Waals surface area contributed by atoms with Gasteiger partial charge in [-0.2, -0.15) is 11.8 Å². The van der Waals surface area contributed by atoms with E-state index in [0.717, 1.165) is 6.42 Å². The second kappa shape index (κ2) is 3.97. The molecule has 1 aromatic rings. The molecule has 2 nitrogen and oxygen atoms in total. The van der Waals surface area contributed by atoms with Gasteiger partial charge in [0.25, 0.3) is 0 Å². The van der Waals surface area contributed by atoms with Crippen LogP contribution in [0.5, 0.6) is 5.75 Å². The molecule has 0 heterocycles. The van der Waals surface area contributed by atoms with Crippen LogP contribution >= 0.6 is 11.8 Å². The molecular weight excluding hydrogens is 218 g/mol. The molecule has 3 heteroatoms. The number of benzene rings is 1. The van der Waals surface area contributed by atoms with Crippen molar-refractivity contribution in [2.24, 2.45) is 5.73 Å². The number of rotatable bonds is 1. The maximum atomic E-state index is 9.58. The lowest BCUT2D eigenvalue weighted by molar-refractivity contribution is 0.369. The van der Waals surface area contributed by atoms with E-state index in [1.54, 1.807) is 6.07 Å². The molecule has 16 heavy (non-hydrogen) atoms. The Morgan fingerprint density at radius 2 is 2.12 bits per heavy atom. The molecule has 0 spiro atoms. The van der Waals surface area contributed by atoms with Gasteiger partial charge in [0, 0.05) is 16.7 Å². The summed E-state index contributed by atoms with van der Waals surface area (Å²) in [4.78, 5) is 0. The van der Waals surface area contributed by atoms with Crippen molar-refractivity contribution in [3.63, 3.8) is 0 Å². The van der Waals surface area contributed by atoms with Crippen LogP contribution in [0.2, 0.25) is 0 Å². The summed E-state index contributed by atoms with van der Waals surface area (Å²) in [6.45, 7) is 4.33. The summed E-state index contributed by atoms with van der Waals surface area (Å²) in [6.07, 6.45) is 3.12. The zero-order chi connectivity index (χ0) is 11.9. The Kier molecular flexibility index (Phi) is 2.93. The van der Waals surface area contributed by atoms with Crippen LogP contribution in [0.25, 0.3) is 0 Å². The third kappa shape index (κ3) is 1.72. The van der Waals surface area contributed by atoms with Crippen molar-refractivity contribution >= 4 is 11.8 Å². The summed E-state index contributed by atoms with van der Waals surface area (Å²) < 4.78 is 0. The molecule has 2 rings (SSSR count). The van der Waals surface area contributed by atoms with E-state index in [-0.39, 0.29) is 11.5 Å². The van der Waals surface area contributed by atoms with Gasteiger partial charge in [0.1, 0.15) is 5.75 Å². The first kappa shape index (κ1) is 11.8. The van der Waals surface area contributed by atoms with Crippen LogP contribution in [0.4, 0.5) is 0 Å². The van der Waals surface area contributed by atoms with Crippen molar-refractivity contribution in [2.75, 3.05) is 6.26 Å². The summed E-state index contributed by atoms with van der Waals surface area (Å²) in [7, 11) is 0. The van der Waals surface area contributed by atoms with Gasteiger partial charge in [-0.3, -0.25) is 0 Å². The van der Waals surface area contributed by atoms with Crippen LogP contribution in [0.15, 0.2) is 18.2 Å². The van der Waals surface area contributed by atoms with E-state index < -0.39 is 0 Å². The van der Waals surface area contributed by atoms with Gasteiger partial charge < -0.3 is 10.8 Å².